The van der Waals surface area contributed by atoms with Crippen LogP contribution in [0.15, 0.2) is 60.7 Å². The molecule has 0 aliphatic carbocycles. The second-order valence-corrected chi connectivity index (χ2v) is 6.47. The molecule has 32 heavy (non-hydrogen) atoms. The molecule has 0 atom stereocenters. The average molecular weight is 448 g/mol. The van der Waals surface area contributed by atoms with Gasteiger partial charge in [0.1, 0.15) is 11.6 Å². The molecule has 3 aromatic carbocycles. The van der Waals surface area contributed by atoms with Crippen molar-refractivity contribution in [1.82, 2.24) is 0 Å². The molecule has 6 nitrogen and oxygen atoms in total. The third kappa shape index (κ3) is 4.97. The molecule has 0 spiro atoms. The van der Waals surface area contributed by atoms with Gasteiger partial charge in [0, 0.05) is 17.3 Å². The average Bonchev–Trinajstić information content (AvgIpc) is 2.74. The number of nitrogens with two attached hydrogens (primary N) is 1. The van der Waals surface area contributed by atoms with E-state index in [0.717, 1.165) is 36.4 Å². The van der Waals surface area contributed by atoms with Crippen LogP contribution in [-0.2, 0) is 6.18 Å². The molecule has 0 saturated heterocycles. The highest BCUT2D eigenvalue weighted by molar-refractivity contribution is 6.08. The Morgan fingerprint density at radius 3 is 2.31 bits per heavy atom. The fourth-order valence-electron chi connectivity index (χ4n) is 2.87. The second kappa shape index (κ2) is 8.96. The van der Waals surface area contributed by atoms with Crippen LogP contribution >= 0.6 is 0 Å². The number of benzene rings is 3. The molecule has 0 bridgehead atoms. The summed E-state index contributed by atoms with van der Waals surface area (Å²) in [5, 5.41) is 2.31. The van der Waals surface area contributed by atoms with Crippen molar-refractivity contribution in [1.29, 1.82) is 0 Å². The Balaban J connectivity index is 2.06. The highest BCUT2D eigenvalue weighted by Gasteiger charge is 2.37. The minimum absolute atomic E-state index is 0.0496. The van der Waals surface area contributed by atoms with Crippen LogP contribution in [0.4, 0.5) is 23.2 Å². The van der Waals surface area contributed by atoms with Gasteiger partial charge in [-0.15, -0.1) is 0 Å². The summed E-state index contributed by atoms with van der Waals surface area (Å²) < 4.78 is 65.0. The molecule has 0 heterocycles. The number of carbonyl (C=O) groups is 2. The summed E-state index contributed by atoms with van der Waals surface area (Å²) in [6.45, 7) is 0. The van der Waals surface area contributed by atoms with Gasteiger partial charge in [-0.3, -0.25) is 9.59 Å². The van der Waals surface area contributed by atoms with Crippen molar-refractivity contribution in [2.24, 2.45) is 5.73 Å². The van der Waals surface area contributed by atoms with Crippen LogP contribution < -0.4 is 20.5 Å². The lowest BCUT2D eigenvalue weighted by molar-refractivity contribution is -0.138. The van der Waals surface area contributed by atoms with Gasteiger partial charge in [0.05, 0.1) is 18.2 Å². The summed E-state index contributed by atoms with van der Waals surface area (Å²) in [6, 6.07) is 11.5. The van der Waals surface area contributed by atoms with Gasteiger partial charge in [-0.25, -0.2) is 4.39 Å². The van der Waals surface area contributed by atoms with Gasteiger partial charge >= 0.3 is 6.18 Å². The lowest BCUT2D eigenvalue weighted by Crippen LogP contribution is -2.20. The predicted octanol–water partition coefficient (Wildman–Crippen LogP) is 5.00. The maximum absolute atomic E-state index is 13.7. The van der Waals surface area contributed by atoms with E-state index in [2.05, 4.69) is 5.32 Å². The summed E-state index contributed by atoms with van der Waals surface area (Å²) in [7, 11) is 1.23. The van der Waals surface area contributed by atoms with E-state index in [4.69, 9.17) is 15.2 Å². The summed E-state index contributed by atoms with van der Waals surface area (Å²) in [5.41, 5.74) is 3.24. The van der Waals surface area contributed by atoms with E-state index in [1.54, 1.807) is 0 Å². The summed E-state index contributed by atoms with van der Waals surface area (Å²) in [4.78, 5) is 24.2. The third-order valence-electron chi connectivity index (χ3n) is 4.31. The minimum atomic E-state index is -4.88. The molecule has 2 amide bonds. The zero-order valence-electron chi connectivity index (χ0n) is 16.5. The highest BCUT2D eigenvalue weighted by atomic mass is 19.4. The molecular weight excluding hydrogens is 432 g/mol. The first-order valence-corrected chi connectivity index (χ1v) is 9.03. The SMILES string of the molecule is COc1cc(F)ccc1Oc1cccc(C(F)(F)F)c1C(=O)Nc1cccc(C(N)=O)c1. The Labute approximate surface area is 179 Å². The standard InChI is InChI=1S/C22H16F4N2O4/c1-31-18-11-13(23)8-9-16(18)32-17-7-3-6-15(22(24,25)26)19(17)21(30)28-14-5-2-4-12(10-14)20(27)29/h2-11H,1H3,(H2,27,29)(H,28,30). The van der Waals surface area contributed by atoms with E-state index < -0.39 is 40.7 Å². The zero-order chi connectivity index (χ0) is 23.5. The molecule has 0 unspecified atom stereocenters. The smallest absolute Gasteiger partial charge is 0.417 e. The first-order valence-electron chi connectivity index (χ1n) is 9.03. The van der Waals surface area contributed by atoms with E-state index in [1.807, 2.05) is 0 Å². The quantitative estimate of drug-likeness (QED) is 0.520. The number of carbonyl (C=O) groups excluding carboxylic acids is 2. The van der Waals surface area contributed by atoms with Crippen molar-refractivity contribution in [3.63, 3.8) is 0 Å². The van der Waals surface area contributed by atoms with Gasteiger partial charge < -0.3 is 20.5 Å². The first kappa shape index (κ1) is 22.6. The number of rotatable bonds is 6. The number of nitrogens with one attached hydrogen (secondary N) is 1. The number of anilines is 1. The molecule has 0 aliphatic rings. The van der Waals surface area contributed by atoms with Crippen molar-refractivity contribution < 1.29 is 36.6 Å². The van der Waals surface area contributed by atoms with Crippen LogP contribution in [-0.4, -0.2) is 18.9 Å². The van der Waals surface area contributed by atoms with E-state index in [0.29, 0.717) is 0 Å². The van der Waals surface area contributed by atoms with Crippen molar-refractivity contribution in [3.05, 3.63) is 83.2 Å². The molecular formula is C22H16F4N2O4. The van der Waals surface area contributed by atoms with Gasteiger partial charge in [0.15, 0.2) is 11.5 Å². The number of primary amides is 1. The van der Waals surface area contributed by atoms with Crippen LogP contribution in [0, 0.1) is 5.82 Å². The molecule has 3 N–H and O–H groups in total. The molecule has 3 rings (SSSR count). The molecule has 0 saturated carbocycles. The highest BCUT2D eigenvalue weighted by Crippen LogP contribution is 2.40. The molecule has 0 fully saturated rings. The number of ether oxygens (including phenoxy) is 2. The van der Waals surface area contributed by atoms with Gasteiger partial charge in [0.25, 0.3) is 5.91 Å². The minimum Gasteiger partial charge on any atom is -0.493 e. The number of methoxy groups -OCH3 is 1. The van der Waals surface area contributed by atoms with Crippen molar-refractivity contribution >= 4 is 17.5 Å². The Hall–Kier alpha value is -4.08. The Bertz CT molecular complexity index is 1180. The molecule has 0 aromatic heterocycles. The summed E-state index contributed by atoms with van der Waals surface area (Å²) >= 11 is 0. The van der Waals surface area contributed by atoms with Crippen LogP contribution in [0.25, 0.3) is 0 Å². The van der Waals surface area contributed by atoms with Crippen LogP contribution in [0.3, 0.4) is 0 Å². The Morgan fingerprint density at radius 2 is 1.66 bits per heavy atom. The third-order valence-corrected chi connectivity index (χ3v) is 4.31. The first-order chi connectivity index (χ1) is 15.1. The number of halogens is 4. The number of hydrogen-bond acceptors (Lipinski definition) is 4. The van der Waals surface area contributed by atoms with Gasteiger partial charge in [-0.05, 0) is 42.5 Å². The predicted molar refractivity (Wildman–Crippen MR) is 107 cm³/mol. The fraction of sp³-hybridized carbons (Fsp3) is 0.0909. The van der Waals surface area contributed by atoms with Crippen LogP contribution in [0.2, 0.25) is 0 Å². The summed E-state index contributed by atoms with van der Waals surface area (Å²) in [6.07, 6.45) is -4.88. The number of alkyl halides is 3. The zero-order valence-corrected chi connectivity index (χ0v) is 16.5. The van der Waals surface area contributed by atoms with Gasteiger partial charge in [0.2, 0.25) is 5.91 Å². The number of amides is 2. The molecule has 166 valence electrons. The largest absolute Gasteiger partial charge is 0.493 e. The fourth-order valence-corrected chi connectivity index (χ4v) is 2.87. The normalized spacial score (nSPS) is 11.0. The topological polar surface area (TPSA) is 90.7 Å². The summed E-state index contributed by atoms with van der Waals surface area (Å²) in [5.74, 6) is -3.18. The van der Waals surface area contributed by atoms with Gasteiger partial charge in [-0.2, -0.15) is 13.2 Å². The maximum Gasteiger partial charge on any atom is 0.417 e. The van der Waals surface area contributed by atoms with Crippen molar-refractivity contribution in [3.8, 4) is 17.2 Å². The monoisotopic (exact) mass is 448 g/mol. The molecule has 3 aromatic rings. The second-order valence-electron chi connectivity index (χ2n) is 6.47. The molecule has 10 heteroatoms. The number of hydrogen-bond donors (Lipinski definition) is 2. The lowest BCUT2D eigenvalue weighted by atomic mass is 10.0. The Morgan fingerprint density at radius 1 is 0.938 bits per heavy atom. The van der Waals surface area contributed by atoms with Crippen molar-refractivity contribution in [2.45, 2.75) is 6.18 Å². The molecule has 0 aliphatic heterocycles. The van der Waals surface area contributed by atoms with Crippen LogP contribution in [0.5, 0.6) is 17.2 Å². The Kier molecular flexibility index (Phi) is 6.33. The van der Waals surface area contributed by atoms with Crippen LogP contribution in [0.1, 0.15) is 26.3 Å². The maximum atomic E-state index is 13.7. The molecule has 0 radical (unpaired) electrons. The van der Waals surface area contributed by atoms with Crippen molar-refractivity contribution in [2.75, 3.05) is 12.4 Å². The van der Waals surface area contributed by atoms with E-state index in [1.165, 1.54) is 31.4 Å². The van der Waals surface area contributed by atoms with Gasteiger partial charge in [-0.1, -0.05) is 12.1 Å². The van der Waals surface area contributed by atoms with E-state index in [9.17, 15) is 27.2 Å². The van der Waals surface area contributed by atoms with E-state index in [-0.39, 0.29) is 22.7 Å². The van der Waals surface area contributed by atoms with E-state index >= 15 is 0 Å². The lowest BCUT2D eigenvalue weighted by Gasteiger charge is -2.18.